The van der Waals surface area contributed by atoms with Crippen LogP contribution < -0.4 is 20.3 Å². The van der Waals surface area contributed by atoms with E-state index in [9.17, 15) is 0 Å². The molecule has 2 heterocycles. The fourth-order valence-corrected chi connectivity index (χ4v) is 3.75. The van der Waals surface area contributed by atoms with Gasteiger partial charge in [-0.05, 0) is 61.3 Å². The van der Waals surface area contributed by atoms with Gasteiger partial charge in [-0.2, -0.15) is 0 Å². The Morgan fingerprint density at radius 1 is 1.16 bits per heavy atom. The molecule has 0 spiro atoms. The number of hydrogen-bond acceptors (Lipinski definition) is 5. The molecule has 2 aromatic rings. The van der Waals surface area contributed by atoms with E-state index in [1.54, 1.807) is 7.11 Å². The minimum atomic E-state index is 0. The summed E-state index contributed by atoms with van der Waals surface area (Å²) in [5, 5.41) is 6.94. The van der Waals surface area contributed by atoms with Crippen molar-refractivity contribution in [2.24, 2.45) is 4.99 Å². The van der Waals surface area contributed by atoms with Crippen LogP contribution in [0.2, 0.25) is 0 Å². The van der Waals surface area contributed by atoms with Gasteiger partial charge in [-0.25, -0.2) is 4.98 Å². The largest absolute Gasteiger partial charge is 0.497 e. The van der Waals surface area contributed by atoms with Crippen molar-refractivity contribution >= 4 is 35.8 Å². The van der Waals surface area contributed by atoms with Crippen LogP contribution in [0.25, 0.3) is 0 Å². The highest BCUT2D eigenvalue weighted by Crippen LogP contribution is 2.26. The first kappa shape index (κ1) is 25.2. The highest BCUT2D eigenvalue weighted by Gasteiger charge is 2.23. The Morgan fingerprint density at radius 2 is 1.87 bits per heavy atom. The fraction of sp³-hybridized carbons (Fsp3) is 0.478. The molecule has 1 saturated heterocycles. The van der Waals surface area contributed by atoms with Crippen molar-refractivity contribution in [3.05, 3.63) is 53.7 Å². The molecule has 0 saturated carbocycles. The summed E-state index contributed by atoms with van der Waals surface area (Å²) < 4.78 is 5.32. The maximum Gasteiger partial charge on any atom is 0.191 e. The minimum absolute atomic E-state index is 0. The number of ether oxygens (including phenoxy) is 1. The summed E-state index contributed by atoms with van der Waals surface area (Å²) in [6.45, 7) is 3.76. The normalized spacial score (nSPS) is 15.2. The van der Waals surface area contributed by atoms with E-state index in [0.717, 1.165) is 37.2 Å². The Morgan fingerprint density at radius 3 is 2.48 bits per heavy atom. The second-order valence-electron chi connectivity index (χ2n) is 7.76. The lowest BCUT2D eigenvalue weighted by molar-refractivity contribution is 0.245. The number of benzene rings is 1. The Labute approximate surface area is 203 Å². The zero-order valence-electron chi connectivity index (χ0n) is 19.0. The number of anilines is 1. The predicted molar refractivity (Wildman–Crippen MR) is 139 cm³/mol. The molecule has 0 radical (unpaired) electrons. The van der Waals surface area contributed by atoms with Crippen LogP contribution in [0, 0.1) is 0 Å². The highest BCUT2D eigenvalue weighted by atomic mass is 127. The van der Waals surface area contributed by atoms with Crippen LogP contribution in [-0.2, 0) is 6.54 Å². The number of likely N-dealkylation sites (tertiary alicyclic amines) is 1. The number of methoxy groups -OCH3 is 1. The van der Waals surface area contributed by atoms with Crippen LogP contribution in [-0.4, -0.2) is 63.7 Å². The third-order valence-electron chi connectivity index (χ3n) is 5.50. The van der Waals surface area contributed by atoms with Crippen LogP contribution in [0.4, 0.5) is 5.82 Å². The van der Waals surface area contributed by atoms with Crippen LogP contribution in [0.15, 0.2) is 47.6 Å². The van der Waals surface area contributed by atoms with Gasteiger partial charge in [0.15, 0.2) is 5.96 Å². The molecule has 0 bridgehead atoms. The number of pyridine rings is 1. The summed E-state index contributed by atoms with van der Waals surface area (Å²) >= 11 is 0. The molecule has 31 heavy (non-hydrogen) atoms. The average molecular weight is 538 g/mol. The van der Waals surface area contributed by atoms with Crippen LogP contribution in [0.5, 0.6) is 5.75 Å². The first-order valence-corrected chi connectivity index (χ1v) is 10.6. The topological polar surface area (TPSA) is 65.0 Å². The molecule has 1 unspecified atom stereocenters. The van der Waals surface area contributed by atoms with E-state index in [4.69, 9.17) is 4.74 Å². The lowest BCUT2D eigenvalue weighted by atomic mass is 10.1. The molecule has 1 fully saturated rings. The van der Waals surface area contributed by atoms with Gasteiger partial charge < -0.3 is 20.3 Å². The predicted octanol–water partition coefficient (Wildman–Crippen LogP) is 3.28. The number of guanidine groups is 1. The number of aromatic nitrogens is 1. The van der Waals surface area contributed by atoms with Crippen LogP contribution in [0.1, 0.15) is 30.0 Å². The number of hydrogen-bond donors (Lipinski definition) is 2. The molecule has 1 aliphatic rings. The van der Waals surface area contributed by atoms with E-state index in [2.05, 4.69) is 43.7 Å². The summed E-state index contributed by atoms with van der Waals surface area (Å²) in [6, 6.07) is 12.8. The summed E-state index contributed by atoms with van der Waals surface area (Å²) in [5.41, 5.74) is 2.47. The molecule has 1 aromatic heterocycles. The van der Waals surface area contributed by atoms with Gasteiger partial charge in [0.05, 0.1) is 13.2 Å². The van der Waals surface area contributed by atoms with Crippen molar-refractivity contribution < 1.29 is 4.74 Å². The molecular formula is C23H35IN6O. The second-order valence-corrected chi connectivity index (χ2v) is 7.76. The first-order chi connectivity index (χ1) is 14.6. The third-order valence-corrected chi connectivity index (χ3v) is 5.50. The molecule has 170 valence electrons. The Bertz CT molecular complexity index is 821. The van der Waals surface area contributed by atoms with E-state index in [1.165, 1.54) is 24.0 Å². The summed E-state index contributed by atoms with van der Waals surface area (Å²) in [6.07, 6.45) is 4.36. The van der Waals surface area contributed by atoms with Gasteiger partial charge in [-0.15, -0.1) is 24.0 Å². The summed E-state index contributed by atoms with van der Waals surface area (Å²) in [4.78, 5) is 13.3. The first-order valence-electron chi connectivity index (χ1n) is 10.6. The third kappa shape index (κ3) is 7.24. The Kier molecular flexibility index (Phi) is 10.3. The molecular weight excluding hydrogens is 503 g/mol. The molecule has 1 aromatic carbocycles. The smallest absolute Gasteiger partial charge is 0.191 e. The molecule has 1 aliphatic heterocycles. The van der Waals surface area contributed by atoms with E-state index in [0.29, 0.717) is 12.6 Å². The van der Waals surface area contributed by atoms with Gasteiger partial charge in [0.2, 0.25) is 0 Å². The highest BCUT2D eigenvalue weighted by molar-refractivity contribution is 14.0. The average Bonchev–Trinajstić information content (AvgIpc) is 3.31. The maximum atomic E-state index is 5.32. The van der Waals surface area contributed by atoms with Gasteiger partial charge in [0, 0.05) is 40.4 Å². The van der Waals surface area contributed by atoms with E-state index in [-0.39, 0.29) is 24.0 Å². The molecule has 2 N–H and O–H groups in total. The van der Waals surface area contributed by atoms with E-state index >= 15 is 0 Å². The standard InChI is InChI=1S/C23H34N6O.HI/c1-24-23(26-16-18-11-12-25-22(15-18)28(2)3)27-17-21(29-13-5-6-14-29)19-7-9-20(30-4)10-8-19;/h7-12,15,21H,5-6,13-14,16-17H2,1-4H3,(H2,24,26,27);1H. The Hall–Kier alpha value is -2.07. The van der Waals surface area contributed by atoms with Gasteiger partial charge in [0.25, 0.3) is 0 Å². The lowest BCUT2D eigenvalue weighted by Crippen LogP contribution is -2.42. The van der Waals surface area contributed by atoms with Crippen LogP contribution in [0.3, 0.4) is 0 Å². The van der Waals surface area contributed by atoms with Gasteiger partial charge in [-0.3, -0.25) is 9.89 Å². The second kappa shape index (κ2) is 12.7. The van der Waals surface area contributed by atoms with Crippen molar-refractivity contribution in [2.45, 2.75) is 25.4 Å². The van der Waals surface area contributed by atoms with E-state index < -0.39 is 0 Å². The molecule has 7 nitrogen and oxygen atoms in total. The van der Waals surface area contributed by atoms with Crippen molar-refractivity contribution in [2.75, 3.05) is 52.8 Å². The number of nitrogens with zero attached hydrogens (tertiary/aromatic N) is 4. The van der Waals surface area contributed by atoms with Gasteiger partial charge >= 0.3 is 0 Å². The van der Waals surface area contributed by atoms with Crippen molar-refractivity contribution in [1.29, 1.82) is 0 Å². The monoisotopic (exact) mass is 538 g/mol. The summed E-state index contributed by atoms with van der Waals surface area (Å²) in [7, 11) is 7.51. The number of aliphatic imine (C=N–C) groups is 1. The fourth-order valence-electron chi connectivity index (χ4n) is 3.75. The zero-order chi connectivity index (χ0) is 21.3. The maximum absolute atomic E-state index is 5.32. The Balaban J connectivity index is 0.00000341. The molecule has 3 rings (SSSR count). The summed E-state index contributed by atoms with van der Waals surface area (Å²) in [5.74, 6) is 2.64. The van der Waals surface area contributed by atoms with Crippen molar-refractivity contribution in [3.63, 3.8) is 0 Å². The van der Waals surface area contributed by atoms with Crippen molar-refractivity contribution in [1.82, 2.24) is 20.5 Å². The number of rotatable bonds is 8. The number of halogens is 1. The zero-order valence-corrected chi connectivity index (χ0v) is 21.3. The lowest BCUT2D eigenvalue weighted by Gasteiger charge is -2.29. The van der Waals surface area contributed by atoms with E-state index in [1.807, 2.05) is 50.4 Å². The minimum Gasteiger partial charge on any atom is -0.497 e. The molecule has 8 heteroatoms. The van der Waals surface area contributed by atoms with Crippen molar-refractivity contribution in [3.8, 4) is 5.75 Å². The molecule has 1 atom stereocenters. The number of nitrogens with one attached hydrogen (secondary N) is 2. The van der Waals surface area contributed by atoms with Gasteiger partial charge in [0.1, 0.15) is 11.6 Å². The van der Waals surface area contributed by atoms with Crippen LogP contribution >= 0.6 is 24.0 Å². The van der Waals surface area contributed by atoms with Gasteiger partial charge in [-0.1, -0.05) is 12.1 Å². The molecule has 0 aliphatic carbocycles. The SMILES string of the molecule is CN=C(NCc1ccnc(N(C)C)c1)NCC(c1ccc(OC)cc1)N1CCCC1.I. The molecule has 0 amide bonds. The quantitative estimate of drug-likeness (QED) is 0.306.